The molecule has 114 valence electrons. The number of nitrogens with zero attached hydrogens (tertiary/aromatic N) is 2. The number of benzene rings is 1. The van der Waals surface area contributed by atoms with E-state index in [-0.39, 0.29) is 6.04 Å². The Bertz CT molecular complexity index is 522. The van der Waals surface area contributed by atoms with Crippen LogP contribution in [-0.2, 0) is 6.42 Å². The maximum Gasteiger partial charge on any atom is 0.155 e. The van der Waals surface area contributed by atoms with Crippen molar-refractivity contribution in [2.45, 2.75) is 40.2 Å². The van der Waals surface area contributed by atoms with Crippen LogP contribution in [0, 0.1) is 0 Å². The summed E-state index contributed by atoms with van der Waals surface area (Å²) in [6.07, 6.45) is 0.801. The molecule has 0 heterocycles. The van der Waals surface area contributed by atoms with E-state index in [4.69, 9.17) is 5.73 Å². The first-order valence-corrected chi connectivity index (χ1v) is 7.27. The zero-order valence-electron chi connectivity index (χ0n) is 13.5. The Labute approximate surface area is 127 Å². The number of amidine groups is 1. The topological polar surface area (TPSA) is 62.8 Å². The van der Waals surface area contributed by atoms with Gasteiger partial charge < -0.3 is 11.1 Å². The zero-order valence-corrected chi connectivity index (χ0v) is 13.5. The van der Waals surface area contributed by atoms with Gasteiger partial charge in [-0.05, 0) is 39.7 Å². The number of nitrogens with two attached hydrogens (primary N) is 1. The second-order valence-electron chi connectivity index (χ2n) is 5.38. The minimum atomic E-state index is 0.00472. The van der Waals surface area contributed by atoms with Gasteiger partial charge in [0.1, 0.15) is 0 Å². The maximum absolute atomic E-state index is 6.02. The first-order valence-electron chi connectivity index (χ1n) is 7.27. The van der Waals surface area contributed by atoms with Crippen molar-refractivity contribution in [1.82, 2.24) is 5.32 Å². The monoisotopic (exact) mass is 286 g/mol. The molecule has 3 N–H and O–H groups in total. The van der Waals surface area contributed by atoms with Crippen LogP contribution in [0.2, 0.25) is 0 Å². The Kier molecular flexibility index (Phi) is 6.82. The van der Waals surface area contributed by atoms with Gasteiger partial charge in [-0.2, -0.15) is 5.10 Å². The molecule has 1 aromatic rings. The molecule has 0 fully saturated rings. The average Bonchev–Trinajstić information content (AvgIpc) is 2.44. The van der Waals surface area contributed by atoms with E-state index < -0.39 is 0 Å². The zero-order chi connectivity index (χ0) is 15.8. The molecule has 0 saturated carbocycles. The molecule has 0 aliphatic rings. The minimum absolute atomic E-state index is 0.00472. The summed E-state index contributed by atoms with van der Waals surface area (Å²) in [4.78, 5) is 0. The third-order valence-electron chi connectivity index (χ3n) is 3.01. The second-order valence-corrected chi connectivity index (χ2v) is 5.38. The maximum atomic E-state index is 6.02. The van der Waals surface area contributed by atoms with Crippen LogP contribution in [0.3, 0.4) is 0 Å². The quantitative estimate of drug-likeness (QED) is 0.365. The average molecular weight is 286 g/mol. The predicted octanol–water partition coefficient (Wildman–Crippen LogP) is 2.88. The molecule has 0 aromatic heterocycles. The van der Waals surface area contributed by atoms with E-state index in [1.807, 2.05) is 39.8 Å². The molecular weight excluding hydrogens is 260 g/mol. The first kappa shape index (κ1) is 17.1. The van der Waals surface area contributed by atoms with Gasteiger partial charge in [-0.3, -0.25) is 0 Å². The van der Waals surface area contributed by atoms with Crippen molar-refractivity contribution in [3.63, 3.8) is 0 Å². The molecular formula is C17H26N4. The highest BCUT2D eigenvalue weighted by molar-refractivity contribution is 5.99. The van der Waals surface area contributed by atoms with Gasteiger partial charge in [-0.25, -0.2) is 0 Å². The van der Waals surface area contributed by atoms with Crippen molar-refractivity contribution in [2.24, 2.45) is 15.9 Å². The summed E-state index contributed by atoms with van der Waals surface area (Å²) in [5.74, 6) is 0.787. The first-order chi connectivity index (χ1) is 9.93. The normalized spacial score (nSPS) is 12.7. The summed E-state index contributed by atoms with van der Waals surface area (Å²) in [5, 5.41) is 11.6. The Morgan fingerprint density at radius 1 is 1.19 bits per heavy atom. The highest BCUT2D eigenvalue weighted by Crippen LogP contribution is 2.10. The second kappa shape index (κ2) is 8.37. The fraction of sp³-hybridized carbons (Fsp3) is 0.412. The van der Waals surface area contributed by atoms with Gasteiger partial charge >= 0.3 is 0 Å². The van der Waals surface area contributed by atoms with Gasteiger partial charge in [0.25, 0.3) is 0 Å². The van der Waals surface area contributed by atoms with Crippen molar-refractivity contribution in [1.29, 1.82) is 0 Å². The van der Waals surface area contributed by atoms with E-state index >= 15 is 0 Å². The van der Waals surface area contributed by atoms with Crippen molar-refractivity contribution in [2.75, 3.05) is 6.54 Å². The molecule has 1 unspecified atom stereocenters. The van der Waals surface area contributed by atoms with Crippen molar-refractivity contribution in [3.8, 4) is 0 Å². The molecule has 0 aliphatic carbocycles. The Hall–Kier alpha value is -1.94. The van der Waals surface area contributed by atoms with Crippen LogP contribution in [0.5, 0.6) is 0 Å². The molecule has 0 spiro atoms. The molecule has 1 atom stereocenters. The van der Waals surface area contributed by atoms with Gasteiger partial charge in [0.2, 0.25) is 0 Å². The molecule has 21 heavy (non-hydrogen) atoms. The standard InChI is InChI=1S/C17H26N4/c1-6-19-17(21-20-13(4)5)15-9-7-14(8-10-15)11-16(18)12(2)3/h7-10,16H,2,6,11,18H2,1,3-5H3,(H,19,21). The molecule has 0 bridgehead atoms. The van der Waals surface area contributed by atoms with Gasteiger partial charge in [0.05, 0.1) is 0 Å². The fourth-order valence-electron chi connectivity index (χ4n) is 1.74. The van der Waals surface area contributed by atoms with Gasteiger partial charge in [-0.15, -0.1) is 5.10 Å². The molecule has 1 rings (SSSR count). The van der Waals surface area contributed by atoms with Crippen LogP contribution >= 0.6 is 0 Å². The third-order valence-corrected chi connectivity index (χ3v) is 3.01. The number of hydrogen-bond acceptors (Lipinski definition) is 3. The van der Waals surface area contributed by atoms with Gasteiger partial charge in [0, 0.05) is 23.9 Å². The highest BCUT2D eigenvalue weighted by Gasteiger charge is 2.06. The Balaban J connectivity index is 2.90. The lowest BCUT2D eigenvalue weighted by Gasteiger charge is -2.12. The van der Waals surface area contributed by atoms with E-state index in [2.05, 4.69) is 34.2 Å². The van der Waals surface area contributed by atoms with E-state index in [1.54, 1.807) is 0 Å². The summed E-state index contributed by atoms with van der Waals surface area (Å²) in [6.45, 7) is 12.5. The lowest BCUT2D eigenvalue weighted by Crippen LogP contribution is -2.25. The lowest BCUT2D eigenvalue weighted by atomic mass is 10.0. The highest BCUT2D eigenvalue weighted by atomic mass is 15.2. The van der Waals surface area contributed by atoms with E-state index in [9.17, 15) is 0 Å². The summed E-state index contributed by atoms with van der Waals surface area (Å²) < 4.78 is 0. The lowest BCUT2D eigenvalue weighted by molar-refractivity contribution is 0.766. The van der Waals surface area contributed by atoms with E-state index in [0.717, 1.165) is 35.6 Å². The molecule has 0 radical (unpaired) electrons. The molecule has 0 saturated heterocycles. The van der Waals surface area contributed by atoms with Crippen LogP contribution in [0.25, 0.3) is 0 Å². The van der Waals surface area contributed by atoms with Crippen LogP contribution in [0.1, 0.15) is 38.8 Å². The number of hydrogen-bond donors (Lipinski definition) is 2. The SMILES string of the molecule is C=C(C)C(N)Cc1ccc(/C(=N/N=C(C)C)NCC)cc1. The number of rotatable bonds is 6. The van der Waals surface area contributed by atoms with Gasteiger partial charge in [-0.1, -0.05) is 36.4 Å². The molecule has 0 amide bonds. The smallest absolute Gasteiger partial charge is 0.155 e. The molecule has 1 aromatic carbocycles. The van der Waals surface area contributed by atoms with Crippen LogP contribution in [0.15, 0.2) is 46.6 Å². The predicted molar refractivity (Wildman–Crippen MR) is 91.9 cm³/mol. The summed E-state index contributed by atoms with van der Waals surface area (Å²) in [5.41, 5.74) is 10.2. The van der Waals surface area contributed by atoms with E-state index in [0.29, 0.717) is 0 Å². The number of nitrogens with one attached hydrogen (secondary N) is 1. The van der Waals surface area contributed by atoms with Crippen LogP contribution < -0.4 is 11.1 Å². The van der Waals surface area contributed by atoms with Crippen molar-refractivity contribution < 1.29 is 0 Å². The Morgan fingerprint density at radius 3 is 2.29 bits per heavy atom. The largest absolute Gasteiger partial charge is 0.368 e. The molecule has 0 aliphatic heterocycles. The van der Waals surface area contributed by atoms with Crippen molar-refractivity contribution >= 4 is 11.5 Å². The fourth-order valence-corrected chi connectivity index (χ4v) is 1.74. The van der Waals surface area contributed by atoms with Gasteiger partial charge in [0.15, 0.2) is 5.84 Å². The van der Waals surface area contributed by atoms with Crippen LogP contribution in [0.4, 0.5) is 0 Å². The molecule has 4 heteroatoms. The van der Waals surface area contributed by atoms with Crippen LogP contribution in [-0.4, -0.2) is 24.1 Å². The third kappa shape index (κ3) is 5.92. The summed E-state index contributed by atoms with van der Waals surface area (Å²) in [7, 11) is 0. The van der Waals surface area contributed by atoms with E-state index in [1.165, 1.54) is 5.56 Å². The summed E-state index contributed by atoms with van der Waals surface area (Å²) in [6, 6.07) is 8.25. The summed E-state index contributed by atoms with van der Waals surface area (Å²) >= 11 is 0. The molecule has 4 nitrogen and oxygen atoms in total. The Morgan fingerprint density at radius 2 is 1.81 bits per heavy atom. The van der Waals surface area contributed by atoms with Crippen molar-refractivity contribution in [3.05, 3.63) is 47.5 Å². The minimum Gasteiger partial charge on any atom is -0.368 e.